The maximum absolute atomic E-state index is 14.6. The Hall–Kier alpha value is -6.74. The standard InChI is InChI=1S/C52H64BrN11O8/c1-31(2)46(56-20-19-55-3)48(66)60-40(10-7-18-57-50(54)68)47(65)58-34-13-11-32(12-14-34)30-71-52(70)63-21-17-35-38-26-41(59-39(38)15-16-42(35)63)49(67)64-29-33(28-53)45-37-9-6-5-8-36(37)44(27-43(45)64)72-51(69)62-24-22-61(4)23-25-62/h5-6,8-9,11-16,26-27,31,33,40,46,55-56,59H,7,10,17-25,28-30H2,1-4H3,(H,58,65)(H,60,66)(H3,54,57,68)/t33-,40+,46+/m1/s1. The first-order valence-electron chi connectivity index (χ1n) is 24.5. The van der Waals surface area contributed by atoms with Crippen molar-refractivity contribution in [3.8, 4) is 5.75 Å². The molecule has 20 heteroatoms. The lowest BCUT2D eigenvalue weighted by Crippen LogP contribution is -2.54. The number of carbonyl (C=O) groups is 6. The summed E-state index contributed by atoms with van der Waals surface area (Å²) in [6, 6.07) is 20.1. The lowest BCUT2D eigenvalue weighted by atomic mass is 9.95. The molecule has 1 aromatic heterocycles. The number of hydrogen-bond acceptors (Lipinski definition) is 11. The van der Waals surface area contributed by atoms with Crippen molar-refractivity contribution in [2.24, 2.45) is 11.7 Å². The summed E-state index contributed by atoms with van der Waals surface area (Å²) in [5.74, 6) is -0.584. The van der Waals surface area contributed by atoms with E-state index in [0.717, 1.165) is 45.9 Å². The molecule has 8 N–H and O–H groups in total. The molecule has 0 spiro atoms. The molecular formula is C52H64BrN11O8. The number of aromatic nitrogens is 1. The summed E-state index contributed by atoms with van der Waals surface area (Å²) in [6.45, 7) is 8.79. The molecule has 1 saturated heterocycles. The molecule has 382 valence electrons. The SMILES string of the molecule is CNCCN[C@H](C(=O)N[C@@H](CCCNC(N)=O)C(=O)Nc1ccc(COC(=O)N2CCc3c2ccc2[nH]c(C(=O)N4C[C@@H](CBr)c5c4cc(OC(=O)N4CCN(C)CC4)c4ccccc54)cc32)cc1)C(C)C. The van der Waals surface area contributed by atoms with Gasteiger partial charge in [0.25, 0.3) is 5.91 Å². The average molecular weight is 1050 g/mol. The van der Waals surface area contributed by atoms with Gasteiger partial charge in [-0.25, -0.2) is 14.4 Å². The highest BCUT2D eigenvalue weighted by molar-refractivity contribution is 9.09. The number of nitrogens with one attached hydrogen (secondary N) is 6. The summed E-state index contributed by atoms with van der Waals surface area (Å²) < 4.78 is 11.9. The molecule has 0 unspecified atom stereocenters. The minimum absolute atomic E-state index is 0.00341. The predicted octanol–water partition coefficient (Wildman–Crippen LogP) is 5.61. The van der Waals surface area contributed by atoms with Gasteiger partial charge in [-0.3, -0.25) is 19.3 Å². The molecule has 3 atom stereocenters. The second-order valence-electron chi connectivity index (χ2n) is 18.9. The Morgan fingerprint density at radius 1 is 0.833 bits per heavy atom. The number of nitrogens with zero attached hydrogens (tertiary/aromatic N) is 4. The van der Waals surface area contributed by atoms with Crippen molar-refractivity contribution in [2.75, 3.05) is 93.4 Å². The van der Waals surface area contributed by atoms with Crippen molar-refractivity contribution >= 4 is 90.6 Å². The number of ether oxygens (including phenoxy) is 2. The summed E-state index contributed by atoms with van der Waals surface area (Å²) in [5, 5.41) is 17.8. The molecule has 7 amide bonds. The number of benzene rings is 4. The van der Waals surface area contributed by atoms with Gasteiger partial charge in [0.15, 0.2) is 0 Å². The number of hydrogen-bond donors (Lipinski definition) is 7. The zero-order valence-electron chi connectivity index (χ0n) is 41.1. The van der Waals surface area contributed by atoms with E-state index in [-0.39, 0.29) is 43.2 Å². The van der Waals surface area contributed by atoms with Gasteiger partial charge in [0.2, 0.25) is 11.8 Å². The largest absolute Gasteiger partial charge is 0.444 e. The molecule has 3 aliphatic heterocycles. The second-order valence-corrected chi connectivity index (χ2v) is 19.5. The van der Waals surface area contributed by atoms with Crippen LogP contribution in [0.25, 0.3) is 21.7 Å². The quantitative estimate of drug-likeness (QED) is 0.0421. The average Bonchev–Trinajstić information content (AvgIpc) is 4.11. The Balaban J connectivity index is 0.915. The van der Waals surface area contributed by atoms with Crippen LogP contribution >= 0.6 is 15.9 Å². The number of likely N-dealkylation sites (N-methyl/N-ethyl adjacent to an activating group) is 2. The summed E-state index contributed by atoms with van der Waals surface area (Å²) in [6.07, 6.45) is 0.277. The Morgan fingerprint density at radius 3 is 2.29 bits per heavy atom. The maximum atomic E-state index is 14.6. The molecule has 19 nitrogen and oxygen atoms in total. The lowest BCUT2D eigenvalue weighted by Gasteiger charge is -2.31. The van der Waals surface area contributed by atoms with E-state index >= 15 is 0 Å². The van der Waals surface area contributed by atoms with Crippen molar-refractivity contribution in [1.29, 1.82) is 0 Å². The highest BCUT2D eigenvalue weighted by atomic mass is 79.9. The van der Waals surface area contributed by atoms with Crippen molar-refractivity contribution in [3.05, 3.63) is 95.2 Å². The molecule has 5 aromatic rings. The van der Waals surface area contributed by atoms with Crippen molar-refractivity contribution in [2.45, 2.75) is 57.7 Å². The summed E-state index contributed by atoms with van der Waals surface area (Å²) in [7, 11) is 3.86. The van der Waals surface area contributed by atoms with Crippen LogP contribution in [0.3, 0.4) is 0 Å². The topological polar surface area (TPSA) is 236 Å². The van der Waals surface area contributed by atoms with E-state index < -0.39 is 36.2 Å². The third kappa shape index (κ3) is 11.6. The normalized spacial score (nSPS) is 16.4. The van der Waals surface area contributed by atoms with Crippen LogP contribution in [0.4, 0.5) is 31.4 Å². The number of primary amides is 1. The van der Waals surface area contributed by atoms with Gasteiger partial charge in [-0.15, -0.1) is 0 Å². The molecule has 0 radical (unpaired) electrons. The van der Waals surface area contributed by atoms with Gasteiger partial charge in [-0.1, -0.05) is 66.2 Å². The number of amides is 7. The van der Waals surface area contributed by atoms with Crippen molar-refractivity contribution < 1.29 is 38.2 Å². The van der Waals surface area contributed by atoms with E-state index in [0.29, 0.717) is 91.5 Å². The number of fused-ring (bicyclic) bond motifs is 6. The molecule has 0 aliphatic carbocycles. The highest BCUT2D eigenvalue weighted by Gasteiger charge is 2.37. The minimum atomic E-state index is -0.890. The zero-order chi connectivity index (χ0) is 51.1. The molecule has 0 saturated carbocycles. The number of urea groups is 1. The van der Waals surface area contributed by atoms with Crippen molar-refractivity contribution in [3.63, 3.8) is 0 Å². The molecule has 1 fully saturated rings. The number of halogens is 1. The van der Waals surface area contributed by atoms with Crippen LogP contribution in [-0.2, 0) is 27.4 Å². The Bertz CT molecular complexity index is 2810. The Labute approximate surface area is 427 Å². The zero-order valence-corrected chi connectivity index (χ0v) is 42.7. The van der Waals surface area contributed by atoms with Crippen LogP contribution in [0.2, 0.25) is 0 Å². The first-order valence-corrected chi connectivity index (χ1v) is 25.7. The fourth-order valence-corrected chi connectivity index (χ4v) is 10.2. The van der Waals surface area contributed by atoms with E-state index in [2.05, 4.69) is 52.4 Å². The molecule has 4 heterocycles. The monoisotopic (exact) mass is 1050 g/mol. The molecule has 4 aromatic carbocycles. The number of nitrogens with two attached hydrogens (primary N) is 1. The number of rotatable bonds is 18. The van der Waals surface area contributed by atoms with Gasteiger partial charge >= 0.3 is 18.2 Å². The van der Waals surface area contributed by atoms with Crippen molar-refractivity contribution in [1.82, 2.24) is 36.1 Å². The fourth-order valence-electron chi connectivity index (χ4n) is 9.69. The third-order valence-electron chi connectivity index (χ3n) is 13.6. The highest BCUT2D eigenvalue weighted by Crippen LogP contribution is 2.46. The summed E-state index contributed by atoms with van der Waals surface area (Å²) in [4.78, 5) is 90.4. The molecule has 3 aliphatic rings. The number of carbonyl (C=O) groups excluding carboxylic acids is 6. The second kappa shape index (κ2) is 23.2. The molecular weight excluding hydrogens is 987 g/mol. The fraction of sp³-hybridized carbons (Fsp3) is 0.423. The van der Waals surface area contributed by atoms with Gasteiger partial charge in [0.1, 0.15) is 24.1 Å². The van der Waals surface area contributed by atoms with Gasteiger partial charge in [0, 0.05) is 98.2 Å². The van der Waals surface area contributed by atoms with Crippen LogP contribution in [-0.4, -0.2) is 141 Å². The van der Waals surface area contributed by atoms with Crippen LogP contribution in [0.15, 0.2) is 72.8 Å². The first-order chi connectivity index (χ1) is 34.7. The molecule has 0 bridgehead atoms. The number of anilines is 3. The van der Waals surface area contributed by atoms with Crippen LogP contribution < -0.4 is 46.9 Å². The predicted molar refractivity (Wildman–Crippen MR) is 281 cm³/mol. The number of H-pyrrole nitrogens is 1. The van der Waals surface area contributed by atoms with Gasteiger partial charge < -0.3 is 61.5 Å². The maximum Gasteiger partial charge on any atom is 0.415 e. The number of alkyl halides is 1. The lowest BCUT2D eigenvalue weighted by molar-refractivity contribution is -0.128. The van der Waals surface area contributed by atoms with E-state index in [4.69, 9.17) is 15.2 Å². The van der Waals surface area contributed by atoms with Crippen LogP contribution in [0.1, 0.15) is 59.8 Å². The number of aromatic amines is 1. The van der Waals surface area contributed by atoms with Crippen LogP contribution in [0.5, 0.6) is 5.75 Å². The summed E-state index contributed by atoms with van der Waals surface area (Å²) >= 11 is 3.71. The van der Waals surface area contributed by atoms with Gasteiger partial charge in [-0.2, -0.15) is 0 Å². The Kier molecular flexibility index (Phi) is 16.6. The minimum Gasteiger partial charge on any atom is -0.444 e. The third-order valence-corrected chi connectivity index (χ3v) is 14.4. The smallest absolute Gasteiger partial charge is 0.415 e. The first kappa shape index (κ1) is 51.6. The van der Waals surface area contributed by atoms with E-state index in [1.54, 1.807) is 39.0 Å². The number of piperazine rings is 1. The van der Waals surface area contributed by atoms with Crippen LogP contribution in [0, 0.1) is 5.92 Å². The summed E-state index contributed by atoms with van der Waals surface area (Å²) in [5.41, 5.74) is 10.9. The van der Waals surface area contributed by atoms with Gasteiger partial charge in [-0.05, 0) is 91.7 Å². The van der Waals surface area contributed by atoms with E-state index in [1.165, 1.54) is 0 Å². The van der Waals surface area contributed by atoms with E-state index in [1.807, 2.05) is 76.5 Å². The molecule has 72 heavy (non-hydrogen) atoms. The van der Waals surface area contributed by atoms with Gasteiger partial charge in [0.05, 0.1) is 17.4 Å². The Morgan fingerprint density at radius 2 is 1.58 bits per heavy atom. The van der Waals surface area contributed by atoms with E-state index in [9.17, 15) is 28.8 Å². The molecule has 8 rings (SSSR count).